The first kappa shape index (κ1) is 22.7. The number of aromatic nitrogens is 3. The van der Waals surface area contributed by atoms with Crippen LogP contribution in [0.25, 0.3) is 0 Å². The Hall–Kier alpha value is -3.02. The molecule has 0 radical (unpaired) electrons. The van der Waals surface area contributed by atoms with E-state index in [9.17, 15) is 13.2 Å². The number of sulfonamides is 1. The van der Waals surface area contributed by atoms with E-state index >= 15 is 0 Å². The third kappa shape index (κ3) is 6.48. The van der Waals surface area contributed by atoms with E-state index in [0.717, 1.165) is 31.2 Å². The van der Waals surface area contributed by atoms with Crippen molar-refractivity contribution in [3.8, 4) is 5.88 Å². The molecule has 2 atom stereocenters. The van der Waals surface area contributed by atoms with Crippen LogP contribution in [0.1, 0.15) is 44.7 Å². The summed E-state index contributed by atoms with van der Waals surface area (Å²) in [6.45, 7) is 3.77. The number of nitrogens with one attached hydrogen (secondary N) is 4. The van der Waals surface area contributed by atoms with Gasteiger partial charge in [-0.25, -0.2) is 13.2 Å². The number of hydrogen-bond acceptors (Lipinski definition) is 8. The fourth-order valence-corrected chi connectivity index (χ4v) is 3.99. The first-order valence-corrected chi connectivity index (χ1v) is 11.8. The zero-order valence-corrected chi connectivity index (χ0v) is 18.7. The molecule has 0 bridgehead atoms. The Morgan fingerprint density at radius 3 is 2.71 bits per heavy atom. The van der Waals surface area contributed by atoms with E-state index < -0.39 is 10.0 Å². The maximum atomic E-state index is 11.8. The highest BCUT2D eigenvalue weighted by atomic mass is 32.2. The summed E-state index contributed by atoms with van der Waals surface area (Å²) >= 11 is 0. The van der Waals surface area contributed by atoms with Gasteiger partial charge in [0.05, 0.1) is 13.4 Å². The minimum Gasteiger partial charge on any atom is -0.479 e. The molecule has 1 aliphatic rings. The summed E-state index contributed by atoms with van der Waals surface area (Å²) in [5.74, 6) is 1.37. The number of amides is 1. The van der Waals surface area contributed by atoms with Gasteiger partial charge in [0.1, 0.15) is 17.6 Å². The van der Waals surface area contributed by atoms with Crippen LogP contribution < -0.4 is 20.1 Å². The average molecular weight is 453 g/mol. The summed E-state index contributed by atoms with van der Waals surface area (Å²) in [7, 11) is -2.04. The van der Waals surface area contributed by atoms with Crippen LogP contribution in [0.5, 0.6) is 5.88 Å². The third-order valence-corrected chi connectivity index (χ3v) is 5.30. The minimum atomic E-state index is -3.45. The summed E-state index contributed by atoms with van der Waals surface area (Å²) < 4.78 is 35.9. The Kier molecular flexibility index (Phi) is 6.88. The lowest BCUT2D eigenvalue weighted by atomic mass is 10.0. The highest BCUT2D eigenvalue weighted by molar-refractivity contribution is 7.92. The Morgan fingerprint density at radius 1 is 1.26 bits per heavy atom. The number of hydrogen-bond donors (Lipinski definition) is 4. The van der Waals surface area contributed by atoms with Crippen LogP contribution in [0.4, 0.5) is 22.1 Å². The molecule has 0 unspecified atom stereocenters. The maximum absolute atomic E-state index is 11.8. The van der Waals surface area contributed by atoms with Gasteiger partial charge in [0.2, 0.25) is 15.9 Å². The number of alkyl carbamates (subject to hydrolysis) is 1. The van der Waals surface area contributed by atoms with Crippen molar-refractivity contribution in [2.24, 2.45) is 0 Å². The fraction of sp³-hybridized carbons (Fsp3) is 0.526. The van der Waals surface area contributed by atoms with E-state index in [1.807, 2.05) is 19.9 Å². The van der Waals surface area contributed by atoms with E-state index in [2.05, 4.69) is 30.5 Å². The molecule has 0 spiro atoms. The summed E-state index contributed by atoms with van der Waals surface area (Å²) in [6.07, 6.45) is 2.96. The number of rotatable bonds is 8. The molecule has 2 aromatic rings. The molecule has 2 aromatic heterocycles. The Morgan fingerprint density at radius 2 is 2.03 bits per heavy atom. The normalized spacial score (nSPS) is 18.6. The van der Waals surface area contributed by atoms with E-state index in [-0.39, 0.29) is 35.7 Å². The lowest BCUT2D eigenvalue weighted by Crippen LogP contribution is -2.33. The van der Waals surface area contributed by atoms with E-state index in [1.54, 1.807) is 12.1 Å². The molecule has 4 N–H and O–H groups in total. The van der Waals surface area contributed by atoms with Crippen LogP contribution in [-0.4, -0.2) is 55.2 Å². The number of ether oxygens (including phenoxy) is 2. The smallest absolute Gasteiger partial charge is 0.407 e. The Labute approximate surface area is 181 Å². The number of H-pyrrole nitrogens is 1. The summed E-state index contributed by atoms with van der Waals surface area (Å²) in [5, 5.41) is 13.1. The number of carbonyl (C=O) groups excluding carboxylic acids is 1. The van der Waals surface area contributed by atoms with Crippen molar-refractivity contribution in [1.82, 2.24) is 20.5 Å². The first-order chi connectivity index (χ1) is 14.6. The SMILES string of the molecule is COc1nc(Nc2cc([C@H]3CC[C@@H](OC(=O)NC(C)C)C3)[nH]n2)ccc1NS(C)(=O)=O. The number of carbonyl (C=O) groups is 1. The number of anilines is 3. The highest BCUT2D eigenvalue weighted by Gasteiger charge is 2.30. The number of aromatic amines is 1. The Balaban J connectivity index is 1.61. The molecular formula is C19H28N6O5S. The second-order valence-electron chi connectivity index (χ2n) is 7.80. The fourth-order valence-electron chi connectivity index (χ4n) is 3.43. The molecule has 2 heterocycles. The predicted molar refractivity (Wildman–Crippen MR) is 116 cm³/mol. The Bertz CT molecular complexity index is 1020. The monoisotopic (exact) mass is 452 g/mol. The van der Waals surface area contributed by atoms with Crippen molar-refractivity contribution in [2.45, 2.75) is 51.2 Å². The molecule has 31 heavy (non-hydrogen) atoms. The zero-order valence-electron chi connectivity index (χ0n) is 17.9. The molecule has 1 saturated carbocycles. The van der Waals surface area contributed by atoms with Crippen molar-refractivity contribution in [2.75, 3.05) is 23.4 Å². The van der Waals surface area contributed by atoms with Crippen LogP contribution in [0, 0.1) is 0 Å². The van der Waals surface area contributed by atoms with Gasteiger partial charge in [0.25, 0.3) is 0 Å². The van der Waals surface area contributed by atoms with Gasteiger partial charge in [-0.3, -0.25) is 9.82 Å². The molecule has 1 amide bonds. The number of nitrogens with zero attached hydrogens (tertiary/aromatic N) is 2. The van der Waals surface area contributed by atoms with E-state index in [1.165, 1.54) is 7.11 Å². The average Bonchev–Trinajstić information content (AvgIpc) is 3.30. The third-order valence-electron chi connectivity index (χ3n) is 4.71. The quantitative estimate of drug-likeness (QED) is 0.478. The lowest BCUT2D eigenvalue weighted by Gasteiger charge is -2.14. The van der Waals surface area contributed by atoms with Crippen LogP contribution in [0.2, 0.25) is 0 Å². The van der Waals surface area contributed by atoms with Crippen molar-refractivity contribution >= 4 is 33.4 Å². The predicted octanol–water partition coefficient (Wildman–Crippen LogP) is 2.70. The van der Waals surface area contributed by atoms with Crippen LogP contribution >= 0.6 is 0 Å². The summed E-state index contributed by atoms with van der Waals surface area (Å²) in [5.41, 5.74) is 1.19. The molecule has 3 rings (SSSR count). The molecular weight excluding hydrogens is 424 g/mol. The summed E-state index contributed by atoms with van der Waals surface area (Å²) in [6, 6.07) is 5.11. The van der Waals surface area contributed by atoms with Gasteiger partial charge in [0.15, 0.2) is 5.82 Å². The molecule has 0 aliphatic heterocycles. The van der Waals surface area contributed by atoms with Gasteiger partial charge < -0.3 is 20.1 Å². The molecule has 11 nitrogen and oxygen atoms in total. The van der Waals surface area contributed by atoms with Gasteiger partial charge in [-0.15, -0.1) is 0 Å². The second kappa shape index (κ2) is 9.41. The van der Waals surface area contributed by atoms with Gasteiger partial charge in [0, 0.05) is 23.7 Å². The maximum Gasteiger partial charge on any atom is 0.407 e. The number of pyridine rings is 1. The van der Waals surface area contributed by atoms with Crippen LogP contribution in [0.15, 0.2) is 18.2 Å². The molecule has 0 aromatic carbocycles. The topological polar surface area (TPSA) is 147 Å². The number of methoxy groups -OCH3 is 1. The zero-order chi connectivity index (χ0) is 22.6. The van der Waals surface area contributed by atoms with Crippen LogP contribution in [0.3, 0.4) is 0 Å². The van der Waals surface area contributed by atoms with E-state index in [4.69, 9.17) is 9.47 Å². The largest absolute Gasteiger partial charge is 0.479 e. The van der Waals surface area contributed by atoms with Gasteiger partial charge >= 0.3 is 6.09 Å². The first-order valence-electron chi connectivity index (χ1n) is 9.95. The van der Waals surface area contributed by atoms with Crippen molar-refractivity contribution in [3.63, 3.8) is 0 Å². The van der Waals surface area contributed by atoms with Crippen LogP contribution in [-0.2, 0) is 14.8 Å². The molecule has 1 fully saturated rings. The summed E-state index contributed by atoms with van der Waals surface area (Å²) in [4.78, 5) is 16.1. The highest BCUT2D eigenvalue weighted by Crippen LogP contribution is 2.36. The minimum absolute atomic E-state index is 0.0365. The van der Waals surface area contributed by atoms with Crippen molar-refractivity contribution in [1.29, 1.82) is 0 Å². The van der Waals surface area contributed by atoms with Crippen molar-refractivity contribution in [3.05, 3.63) is 23.9 Å². The molecule has 170 valence electrons. The molecule has 0 saturated heterocycles. The van der Waals surface area contributed by atoms with Crippen molar-refractivity contribution < 1.29 is 22.7 Å². The standard InChI is InChI=1S/C19H28N6O5S/c1-11(2)20-19(26)30-13-6-5-12(9-13)15-10-17(24-23-15)21-16-8-7-14(18(22-16)29-3)25-31(4,27)28/h7-8,10-13,25H,5-6,9H2,1-4H3,(H,20,26)(H2,21,22,23,24)/t12-,13+/m0/s1. The van der Waals surface area contributed by atoms with Gasteiger partial charge in [-0.2, -0.15) is 10.1 Å². The van der Waals surface area contributed by atoms with Gasteiger partial charge in [-0.1, -0.05) is 0 Å². The molecule has 1 aliphatic carbocycles. The second-order valence-corrected chi connectivity index (χ2v) is 9.55. The van der Waals surface area contributed by atoms with Gasteiger partial charge in [-0.05, 0) is 45.2 Å². The van der Waals surface area contributed by atoms with E-state index in [0.29, 0.717) is 11.6 Å². The lowest BCUT2D eigenvalue weighted by molar-refractivity contribution is 0.0981. The molecule has 12 heteroatoms.